The Kier molecular flexibility index (Phi) is 4.28. The van der Waals surface area contributed by atoms with E-state index >= 15 is 0 Å². The highest BCUT2D eigenvalue weighted by Crippen LogP contribution is 2.46. The van der Waals surface area contributed by atoms with Crippen LogP contribution >= 0.6 is 0 Å². The summed E-state index contributed by atoms with van der Waals surface area (Å²) >= 11 is 0. The lowest BCUT2D eigenvalue weighted by Crippen LogP contribution is -2.53. The van der Waals surface area contributed by atoms with Gasteiger partial charge in [0.15, 0.2) is 0 Å². The predicted octanol–water partition coefficient (Wildman–Crippen LogP) is 2.44. The first-order chi connectivity index (χ1) is 8.23. The second kappa shape index (κ2) is 5.19. The molecule has 0 spiro atoms. The summed E-state index contributed by atoms with van der Waals surface area (Å²) in [7, 11) is 0. The van der Waals surface area contributed by atoms with E-state index in [2.05, 4.69) is 0 Å². The zero-order valence-corrected chi connectivity index (χ0v) is 11.6. The van der Waals surface area contributed by atoms with Crippen molar-refractivity contribution in [2.45, 2.75) is 46.1 Å². The second-order valence-electron chi connectivity index (χ2n) is 5.91. The van der Waals surface area contributed by atoms with E-state index in [0.29, 0.717) is 12.8 Å². The molecule has 3 heteroatoms. The van der Waals surface area contributed by atoms with Gasteiger partial charge in [-0.15, -0.1) is 0 Å². The van der Waals surface area contributed by atoms with Gasteiger partial charge in [-0.1, -0.05) is 32.9 Å². The Bertz CT molecular complexity index is 404. The molecule has 0 aliphatic heterocycles. The summed E-state index contributed by atoms with van der Waals surface area (Å²) in [5, 5.41) is 10.8. The van der Waals surface area contributed by atoms with E-state index in [1.54, 1.807) is 19.1 Å². The van der Waals surface area contributed by atoms with Crippen molar-refractivity contribution in [2.24, 2.45) is 11.3 Å². The number of ketones is 1. The summed E-state index contributed by atoms with van der Waals surface area (Å²) in [5.74, 6) is 0.0831. The van der Waals surface area contributed by atoms with Gasteiger partial charge in [0, 0.05) is 18.3 Å². The largest absolute Gasteiger partial charge is 0.385 e. The molecule has 0 saturated heterocycles. The molecular formula is C15H22O3. The number of Topliss-reactive ketones (excluding diaryl/α,β-unsaturated/α-hetero) is 1. The van der Waals surface area contributed by atoms with Crippen LogP contribution in [0.25, 0.3) is 0 Å². The maximum absolute atomic E-state index is 11.6. The molecule has 1 saturated carbocycles. The fourth-order valence-corrected chi connectivity index (χ4v) is 2.68. The molecule has 0 radical (unpaired) electrons. The van der Waals surface area contributed by atoms with Crippen LogP contribution in [-0.2, 0) is 9.59 Å². The Morgan fingerprint density at radius 1 is 1.44 bits per heavy atom. The van der Waals surface area contributed by atoms with Crippen LogP contribution in [0, 0.1) is 11.3 Å². The first kappa shape index (κ1) is 14.8. The minimum absolute atomic E-state index is 0.117. The Labute approximate surface area is 109 Å². The molecule has 1 N–H and O–H groups in total. The van der Waals surface area contributed by atoms with E-state index in [9.17, 15) is 14.7 Å². The van der Waals surface area contributed by atoms with Gasteiger partial charge in [-0.3, -0.25) is 9.59 Å². The van der Waals surface area contributed by atoms with Crippen molar-refractivity contribution >= 4 is 12.1 Å². The molecule has 0 aromatic heterocycles. The van der Waals surface area contributed by atoms with E-state index in [4.69, 9.17) is 0 Å². The van der Waals surface area contributed by atoms with Crippen molar-refractivity contribution in [3.8, 4) is 0 Å². The minimum Gasteiger partial charge on any atom is -0.385 e. The highest BCUT2D eigenvalue weighted by atomic mass is 16.3. The number of hydrogen-bond donors (Lipinski definition) is 1. The van der Waals surface area contributed by atoms with Gasteiger partial charge >= 0.3 is 0 Å². The van der Waals surface area contributed by atoms with Gasteiger partial charge in [0.25, 0.3) is 0 Å². The second-order valence-corrected chi connectivity index (χ2v) is 5.91. The Balaban J connectivity index is 3.05. The van der Waals surface area contributed by atoms with Crippen molar-refractivity contribution in [1.29, 1.82) is 0 Å². The molecule has 0 heterocycles. The smallest absolute Gasteiger partial charge is 0.143 e. The van der Waals surface area contributed by atoms with E-state index in [0.717, 1.165) is 11.9 Å². The standard InChI is InChI=1S/C15H22O3/c1-11(6-8-16)5-7-15(18)12(2)9-13(17)10-14(15,3)4/h5-8,12,18H,9-10H2,1-4H3/b7-5+,11-6+. The van der Waals surface area contributed by atoms with E-state index in [1.807, 2.05) is 20.8 Å². The third-order valence-electron chi connectivity index (χ3n) is 3.94. The van der Waals surface area contributed by atoms with Gasteiger partial charge < -0.3 is 5.11 Å². The molecule has 3 nitrogen and oxygen atoms in total. The quantitative estimate of drug-likeness (QED) is 0.475. The number of carbonyl (C=O) groups excluding carboxylic acids is 2. The molecule has 100 valence electrons. The van der Waals surface area contributed by atoms with Gasteiger partial charge in [-0.2, -0.15) is 0 Å². The topological polar surface area (TPSA) is 54.4 Å². The van der Waals surface area contributed by atoms with Crippen LogP contribution in [0.3, 0.4) is 0 Å². The van der Waals surface area contributed by atoms with Crippen molar-refractivity contribution in [2.75, 3.05) is 0 Å². The monoisotopic (exact) mass is 250 g/mol. The summed E-state index contributed by atoms with van der Waals surface area (Å²) in [4.78, 5) is 22.0. The molecular weight excluding hydrogens is 228 g/mol. The van der Waals surface area contributed by atoms with Gasteiger partial charge in [-0.05, 0) is 24.5 Å². The SMILES string of the molecule is CC(/C=C/C1(O)C(C)CC(=O)CC1(C)C)=C\C=O. The van der Waals surface area contributed by atoms with Crippen LogP contribution in [0.15, 0.2) is 23.8 Å². The summed E-state index contributed by atoms with van der Waals surface area (Å²) in [6.45, 7) is 7.51. The zero-order valence-electron chi connectivity index (χ0n) is 11.6. The fourth-order valence-electron chi connectivity index (χ4n) is 2.68. The van der Waals surface area contributed by atoms with Crippen molar-refractivity contribution in [1.82, 2.24) is 0 Å². The normalized spacial score (nSPS) is 32.8. The molecule has 0 aromatic carbocycles. The maximum Gasteiger partial charge on any atom is 0.143 e. The first-order valence-corrected chi connectivity index (χ1v) is 6.28. The highest BCUT2D eigenvalue weighted by Gasteiger charge is 2.50. The maximum atomic E-state index is 11.6. The van der Waals surface area contributed by atoms with E-state index in [-0.39, 0.29) is 11.7 Å². The lowest BCUT2D eigenvalue weighted by Gasteiger charge is -2.48. The van der Waals surface area contributed by atoms with Gasteiger partial charge in [0.2, 0.25) is 0 Å². The summed E-state index contributed by atoms with van der Waals surface area (Å²) in [6, 6.07) is 0. The third-order valence-corrected chi connectivity index (χ3v) is 3.94. The Morgan fingerprint density at radius 2 is 2.06 bits per heavy atom. The minimum atomic E-state index is -1.01. The number of rotatable bonds is 3. The molecule has 1 fully saturated rings. The van der Waals surface area contributed by atoms with Crippen LogP contribution < -0.4 is 0 Å². The lowest BCUT2D eigenvalue weighted by molar-refractivity contribution is -0.142. The number of hydrogen-bond acceptors (Lipinski definition) is 3. The Hall–Kier alpha value is -1.22. The van der Waals surface area contributed by atoms with Crippen LogP contribution in [-0.4, -0.2) is 22.8 Å². The average molecular weight is 250 g/mol. The summed E-state index contributed by atoms with van der Waals surface area (Å²) in [5.41, 5.74) is -0.711. The molecule has 0 aromatic rings. The number of carbonyl (C=O) groups is 2. The van der Waals surface area contributed by atoms with Crippen LogP contribution in [0.4, 0.5) is 0 Å². The lowest BCUT2D eigenvalue weighted by atomic mass is 9.60. The zero-order chi connectivity index (χ0) is 14.0. The molecule has 2 unspecified atom stereocenters. The van der Waals surface area contributed by atoms with E-state index in [1.165, 1.54) is 6.08 Å². The van der Waals surface area contributed by atoms with Crippen molar-refractivity contribution < 1.29 is 14.7 Å². The summed E-state index contributed by atoms with van der Waals surface area (Å²) < 4.78 is 0. The molecule has 0 bridgehead atoms. The number of aliphatic hydroxyl groups is 1. The van der Waals surface area contributed by atoms with Crippen molar-refractivity contribution in [3.05, 3.63) is 23.8 Å². The van der Waals surface area contributed by atoms with Gasteiger partial charge in [0.05, 0.1) is 5.60 Å². The molecule has 1 aliphatic carbocycles. The van der Waals surface area contributed by atoms with Crippen LogP contribution in [0.5, 0.6) is 0 Å². The predicted molar refractivity (Wildman–Crippen MR) is 71.1 cm³/mol. The first-order valence-electron chi connectivity index (χ1n) is 6.28. The molecule has 2 atom stereocenters. The van der Waals surface area contributed by atoms with Crippen molar-refractivity contribution in [3.63, 3.8) is 0 Å². The Morgan fingerprint density at radius 3 is 2.56 bits per heavy atom. The summed E-state index contributed by atoms with van der Waals surface area (Å²) in [6.07, 6.45) is 6.45. The number of aldehydes is 1. The van der Waals surface area contributed by atoms with E-state index < -0.39 is 11.0 Å². The molecule has 18 heavy (non-hydrogen) atoms. The fraction of sp³-hybridized carbons (Fsp3) is 0.600. The third kappa shape index (κ3) is 2.78. The number of allylic oxidation sites excluding steroid dienone is 3. The molecule has 1 rings (SSSR count). The average Bonchev–Trinajstić information content (AvgIpc) is 2.23. The molecule has 0 amide bonds. The molecule has 1 aliphatic rings. The van der Waals surface area contributed by atoms with Gasteiger partial charge in [-0.25, -0.2) is 0 Å². The van der Waals surface area contributed by atoms with Crippen LogP contribution in [0.1, 0.15) is 40.5 Å². The van der Waals surface area contributed by atoms with Crippen LogP contribution in [0.2, 0.25) is 0 Å². The van der Waals surface area contributed by atoms with Gasteiger partial charge in [0.1, 0.15) is 12.1 Å². The highest BCUT2D eigenvalue weighted by molar-refractivity contribution is 5.81.